The molecular weight excluding hydrogens is 451 g/mol. The van der Waals surface area contributed by atoms with Gasteiger partial charge in [0.2, 0.25) is 11.8 Å². The Balaban J connectivity index is 1.38. The summed E-state index contributed by atoms with van der Waals surface area (Å²) in [7, 11) is 0. The Morgan fingerprint density at radius 2 is 1.79 bits per heavy atom. The van der Waals surface area contributed by atoms with Crippen molar-refractivity contribution >= 4 is 29.1 Å². The maximum atomic E-state index is 12.8. The first-order chi connectivity index (χ1) is 16.2. The molecule has 1 aliphatic carbocycles. The zero-order valence-corrected chi connectivity index (χ0v) is 17.9. The summed E-state index contributed by atoms with van der Waals surface area (Å²) in [6.07, 6.45) is -1.48. The van der Waals surface area contributed by atoms with Crippen molar-refractivity contribution in [3.05, 3.63) is 66.0 Å². The van der Waals surface area contributed by atoms with Gasteiger partial charge in [-0.25, -0.2) is 14.8 Å². The van der Waals surface area contributed by atoms with E-state index in [0.29, 0.717) is 22.8 Å². The maximum absolute atomic E-state index is 12.8. The third-order valence-electron chi connectivity index (χ3n) is 4.96. The Morgan fingerprint density at radius 1 is 1.00 bits per heavy atom. The number of nitrogens with zero attached hydrogens (tertiary/aromatic N) is 2. The number of amides is 3. The lowest BCUT2D eigenvalue weighted by molar-refractivity contribution is -0.137. The lowest BCUT2D eigenvalue weighted by Crippen LogP contribution is -2.20. The molecule has 0 radical (unpaired) electrons. The molecule has 34 heavy (non-hydrogen) atoms. The molecule has 0 saturated heterocycles. The maximum Gasteiger partial charge on any atom is 0.416 e. The summed E-state index contributed by atoms with van der Waals surface area (Å²) < 4.78 is 44.3. The molecule has 0 atom stereocenters. The fourth-order valence-corrected chi connectivity index (χ4v) is 3.06. The molecule has 3 N–H and O–H groups in total. The van der Waals surface area contributed by atoms with Crippen molar-refractivity contribution in [3.63, 3.8) is 0 Å². The summed E-state index contributed by atoms with van der Waals surface area (Å²) in [6.45, 7) is 1.73. The molecule has 1 fully saturated rings. The minimum atomic E-state index is -4.51. The SMILES string of the molecule is Cc1cc(Oc2cc(NC(=O)C3CC3)ncn2)ccc1NC(=O)Nc1cccc(C(F)(F)F)c1. The van der Waals surface area contributed by atoms with Crippen LogP contribution in [0.1, 0.15) is 24.0 Å². The molecule has 0 spiro atoms. The van der Waals surface area contributed by atoms with E-state index in [0.717, 1.165) is 25.0 Å². The lowest BCUT2D eigenvalue weighted by atomic mass is 10.2. The van der Waals surface area contributed by atoms with Crippen LogP contribution in [0.2, 0.25) is 0 Å². The van der Waals surface area contributed by atoms with Gasteiger partial charge in [-0.15, -0.1) is 0 Å². The molecule has 3 amide bonds. The number of halogens is 3. The molecule has 1 saturated carbocycles. The molecular formula is C23H20F3N5O3. The van der Waals surface area contributed by atoms with Gasteiger partial charge < -0.3 is 20.7 Å². The minimum Gasteiger partial charge on any atom is -0.439 e. The molecule has 1 aliphatic rings. The van der Waals surface area contributed by atoms with Gasteiger partial charge in [-0.05, 0) is 61.7 Å². The highest BCUT2D eigenvalue weighted by atomic mass is 19.4. The van der Waals surface area contributed by atoms with Crippen molar-refractivity contribution in [3.8, 4) is 11.6 Å². The van der Waals surface area contributed by atoms with Crippen LogP contribution in [0, 0.1) is 12.8 Å². The molecule has 11 heteroatoms. The average Bonchev–Trinajstić information content (AvgIpc) is 3.61. The van der Waals surface area contributed by atoms with E-state index in [1.807, 2.05) is 0 Å². The van der Waals surface area contributed by atoms with Crippen LogP contribution in [0.5, 0.6) is 11.6 Å². The number of rotatable bonds is 6. The van der Waals surface area contributed by atoms with Gasteiger partial charge >= 0.3 is 12.2 Å². The molecule has 0 aliphatic heterocycles. The first-order valence-corrected chi connectivity index (χ1v) is 10.3. The highest BCUT2D eigenvalue weighted by molar-refractivity contribution is 6.00. The summed E-state index contributed by atoms with van der Waals surface area (Å²) in [6, 6.07) is 10.0. The van der Waals surface area contributed by atoms with Gasteiger partial charge in [0, 0.05) is 23.4 Å². The molecule has 3 aromatic rings. The number of hydrogen-bond donors (Lipinski definition) is 3. The Hall–Kier alpha value is -4.15. The Labute approximate surface area is 192 Å². The molecule has 0 bridgehead atoms. The molecule has 176 valence electrons. The number of benzene rings is 2. The van der Waals surface area contributed by atoms with Gasteiger partial charge in [0.1, 0.15) is 17.9 Å². The van der Waals surface area contributed by atoms with Crippen molar-refractivity contribution in [2.75, 3.05) is 16.0 Å². The molecule has 1 heterocycles. The number of aromatic nitrogens is 2. The molecule has 2 aromatic carbocycles. The van der Waals surface area contributed by atoms with E-state index in [1.165, 1.54) is 24.5 Å². The van der Waals surface area contributed by atoms with Crippen LogP contribution in [-0.4, -0.2) is 21.9 Å². The average molecular weight is 471 g/mol. The standard InChI is InChI=1S/C23H20F3N5O3/c1-13-9-17(34-20-11-19(27-12-28-20)31-21(32)14-5-6-14)7-8-18(13)30-22(33)29-16-4-2-3-15(10-16)23(24,25)26/h2-4,7-12,14H,5-6H2,1H3,(H2,29,30,33)(H,27,28,31,32). The van der Waals surface area contributed by atoms with Crippen LogP contribution < -0.4 is 20.7 Å². The van der Waals surface area contributed by atoms with Crippen LogP contribution in [0.3, 0.4) is 0 Å². The topological polar surface area (TPSA) is 105 Å². The summed E-state index contributed by atoms with van der Waals surface area (Å²) in [5.41, 5.74) is 0.242. The van der Waals surface area contributed by atoms with Gasteiger partial charge in [-0.2, -0.15) is 13.2 Å². The number of carbonyl (C=O) groups is 2. The van der Waals surface area contributed by atoms with Crippen LogP contribution in [0.15, 0.2) is 54.9 Å². The van der Waals surface area contributed by atoms with Crippen LogP contribution >= 0.6 is 0 Å². The van der Waals surface area contributed by atoms with Gasteiger partial charge in [-0.1, -0.05) is 6.07 Å². The fraction of sp³-hybridized carbons (Fsp3) is 0.217. The predicted molar refractivity (Wildman–Crippen MR) is 119 cm³/mol. The third kappa shape index (κ3) is 6.00. The molecule has 4 rings (SSSR count). The first kappa shape index (κ1) is 23.0. The van der Waals surface area contributed by atoms with Gasteiger partial charge in [0.05, 0.1) is 5.56 Å². The van der Waals surface area contributed by atoms with E-state index in [2.05, 4.69) is 25.9 Å². The number of anilines is 3. The number of alkyl halides is 3. The molecule has 8 nitrogen and oxygen atoms in total. The number of carbonyl (C=O) groups excluding carboxylic acids is 2. The quantitative estimate of drug-likeness (QED) is 0.435. The van der Waals surface area contributed by atoms with Gasteiger partial charge in [0.25, 0.3) is 0 Å². The number of aryl methyl sites for hydroxylation is 1. The normalized spacial score (nSPS) is 13.2. The smallest absolute Gasteiger partial charge is 0.416 e. The van der Waals surface area contributed by atoms with Crippen LogP contribution in [0.25, 0.3) is 0 Å². The zero-order chi connectivity index (χ0) is 24.3. The van der Waals surface area contributed by atoms with Crippen molar-refractivity contribution in [1.82, 2.24) is 9.97 Å². The second-order valence-corrected chi connectivity index (χ2v) is 7.74. The summed E-state index contributed by atoms with van der Waals surface area (Å²) >= 11 is 0. The summed E-state index contributed by atoms with van der Waals surface area (Å²) in [5, 5.41) is 7.70. The first-order valence-electron chi connectivity index (χ1n) is 10.3. The van der Waals surface area contributed by atoms with E-state index < -0.39 is 17.8 Å². The summed E-state index contributed by atoms with van der Waals surface area (Å²) in [5.74, 6) is 0.943. The van der Waals surface area contributed by atoms with Crippen LogP contribution in [-0.2, 0) is 11.0 Å². The van der Waals surface area contributed by atoms with Gasteiger partial charge in [0.15, 0.2) is 0 Å². The monoisotopic (exact) mass is 471 g/mol. The van der Waals surface area contributed by atoms with Crippen molar-refractivity contribution in [1.29, 1.82) is 0 Å². The minimum absolute atomic E-state index is 0.0123. The highest BCUT2D eigenvalue weighted by Gasteiger charge is 2.31. The van der Waals surface area contributed by atoms with E-state index in [-0.39, 0.29) is 23.4 Å². The molecule has 1 aromatic heterocycles. The second-order valence-electron chi connectivity index (χ2n) is 7.74. The second kappa shape index (κ2) is 9.38. The van der Waals surface area contributed by atoms with E-state index in [1.54, 1.807) is 25.1 Å². The van der Waals surface area contributed by atoms with Gasteiger partial charge in [-0.3, -0.25) is 4.79 Å². The number of urea groups is 1. The number of ether oxygens (including phenoxy) is 1. The number of nitrogens with one attached hydrogen (secondary N) is 3. The van der Waals surface area contributed by atoms with Crippen molar-refractivity contribution in [2.24, 2.45) is 5.92 Å². The number of hydrogen-bond acceptors (Lipinski definition) is 5. The fourth-order valence-electron chi connectivity index (χ4n) is 3.06. The Kier molecular flexibility index (Phi) is 6.35. The predicted octanol–water partition coefficient (Wildman–Crippen LogP) is 5.59. The highest BCUT2D eigenvalue weighted by Crippen LogP contribution is 2.32. The van der Waals surface area contributed by atoms with Crippen molar-refractivity contribution in [2.45, 2.75) is 25.9 Å². The summed E-state index contributed by atoms with van der Waals surface area (Å²) in [4.78, 5) is 32.2. The Bertz CT molecular complexity index is 1230. The zero-order valence-electron chi connectivity index (χ0n) is 17.9. The van der Waals surface area contributed by atoms with E-state index >= 15 is 0 Å². The Morgan fingerprint density at radius 3 is 2.50 bits per heavy atom. The van der Waals surface area contributed by atoms with Crippen LogP contribution in [0.4, 0.5) is 35.2 Å². The van der Waals surface area contributed by atoms with E-state index in [4.69, 9.17) is 4.74 Å². The molecule has 0 unspecified atom stereocenters. The lowest BCUT2D eigenvalue weighted by Gasteiger charge is -2.13. The van der Waals surface area contributed by atoms with Crippen molar-refractivity contribution < 1.29 is 27.5 Å². The third-order valence-corrected chi connectivity index (χ3v) is 4.96. The largest absolute Gasteiger partial charge is 0.439 e. The van der Waals surface area contributed by atoms with E-state index in [9.17, 15) is 22.8 Å².